The van der Waals surface area contributed by atoms with E-state index in [2.05, 4.69) is 10.00 Å². The largest absolute Gasteiger partial charge is 0.461 e. The number of alkyl halides is 3. The lowest BCUT2D eigenvalue weighted by molar-refractivity contribution is -0.139. The number of hydroxylamine groups is 2. The average Bonchev–Trinajstić information content (AvgIpc) is 3.65. The summed E-state index contributed by atoms with van der Waals surface area (Å²) in [6, 6.07) is 2.29. The molecule has 2 saturated heterocycles. The van der Waals surface area contributed by atoms with Gasteiger partial charge in [0.05, 0.1) is 58.1 Å². The van der Waals surface area contributed by atoms with Gasteiger partial charge in [-0.05, 0) is 55.5 Å². The van der Waals surface area contributed by atoms with Crippen molar-refractivity contribution in [3.05, 3.63) is 67.9 Å². The molecule has 0 bridgehead atoms. The lowest BCUT2D eigenvalue weighted by Crippen LogP contribution is -2.43. The Morgan fingerprint density at radius 1 is 1.22 bits per heavy atom. The zero-order chi connectivity index (χ0) is 35.5. The van der Waals surface area contributed by atoms with Crippen molar-refractivity contribution in [1.29, 1.82) is 0 Å². The molecule has 3 N–H and O–H groups in total. The molecule has 12 nitrogen and oxygen atoms in total. The Bertz CT molecular complexity index is 1870. The molecule has 6 heterocycles. The van der Waals surface area contributed by atoms with E-state index in [1.165, 1.54) is 13.1 Å². The summed E-state index contributed by atoms with van der Waals surface area (Å²) in [6.07, 6.45) is -2.47. The van der Waals surface area contributed by atoms with Gasteiger partial charge in [0.15, 0.2) is 5.69 Å². The standard InChI is InChI=1S/C32H34Cl2F4N8O4/c1-43(48)29(47)27-26(34)23-14-44(5-3-7-46(23)42-27)28-20-15-49-24(19-8-18(39)9-21(33)25(19)32(36,37)38)10-22(20)40-30(41-28)50-16-31-4-2-6-45(31)13-17(11-31)12-35/h8-9,12,24,48H,2-7,10-11,13-16,39H2,1H3/b17-12-/t24?,31-/m0/s1. The van der Waals surface area contributed by atoms with Crippen molar-refractivity contribution < 1.29 is 37.0 Å². The third-order valence-electron chi connectivity index (χ3n) is 9.87. The van der Waals surface area contributed by atoms with Crippen LogP contribution >= 0.6 is 23.2 Å². The molecular formula is C32H34Cl2F4N8O4. The second-order valence-corrected chi connectivity index (χ2v) is 13.9. The van der Waals surface area contributed by atoms with Gasteiger partial charge in [-0.3, -0.25) is 19.6 Å². The number of ether oxygens (including phenoxy) is 2. The molecule has 0 aliphatic carbocycles. The van der Waals surface area contributed by atoms with E-state index in [0.29, 0.717) is 72.2 Å². The monoisotopic (exact) mass is 740 g/mol. The Kier molecular flexibility index (Phi) is 9.12. The number of halogens is 6. The van der Waals surface area contributed by atoms with Crippen LogP contribution < -0.4 is 15.4 Å². The summed E-state index contributed by atoms with van der Waals surface area (Å²) in [6.45, 7) is 2.42. The summed E-state index contributed by atoms with van der Waals surface area (Å²) in [5.41, 5.74) is 6.41. The summed E-state index contributed by atoms with van der Waals surface area (Å²) >= 11 is 12.7. The number of rotatable bonds is 6. The summed E-state index contributed by atoms with van der Waals surface area (Å²) < 4.78 is 70.3. The molecule has 50 heavy (non-hydrogen) atoms. The molecule has 0 radical (unpaired) electrons. The summed E-state index contributed by atoms with van der Waals surface area (Å²) in [5, 5.41) is 14.0. The molecule has 7 rings (SSSR count). The lowest BCUT2D eigenvalue weighted by Gasteiger charge is -2.33. The molecule has 18 heteroatoms. The van der Waals surface area contributed by atoms with Crippen LogP contribution in [0.5, 0.6) is 6.01 Å². The van der Waals surface area contributed by atoms with E-state index in [1.54, 1.807) is 4.68 Å². The minimum atomic E-state index is -4.77. The molecule has 268 valence electrons. The van der Waals surface area contributed by atoms with Gasteiger partial charge in [-0.15, -0.1) is 0 Å². The van der Waals surface area contributed by atoms with Crippen LogP contribution in [0.15, 0.2) is 24.0 Å². The van der Waals surface area contributed by atoms with Gasteiger partial charge in [0, 0.05) is 44.4 Å². The number of carbonyl (C=O) groups is 1. The number of fused-ring (bicyclic) bond motifs is 3. The van der Waals surface area contributed by atoms with Gasteiger partial charge < -0.3 is 20.1 Å². The first kappa shape index (κ1) is 34.7. The number of amides is 1. The summed E-state index contributed by atoms with van der Waals surface area (Å²) in [4.78, 5) is 26.2. The second kappa shape index (κ2) is 13.1. The second-order valence-electron chi connectivity index (χ2n) is 13.1. The SMILES string of the molecule is CN(O)C(=O)c1nn2c(c1Cl)CN(c1nc(OC[C@@]34CCCN3C/C(=C\F)C4)nc3c1COC(c1cc(N)cc(Cl)c1C(F)(F)F)C3)CCC2. The number of aryl methyl sites for hydroxylation is 1. The first-order valence-electron chi connectivity index (χ1n) is 16.1. The fourth-order valence-electron chi connectivity index (χ4n) is 7.56. The maximum Gasteiger partial charge on any atom is 0.418 e. The Labute approximate surface area is 294 Å². The quantitative estimate of drug-likeness (QED) is 0.140. The normalized spacial score (nSPS) is 23.1. The van der Waals surface area contributed by atoms with Crippen LogP contribution in [0.3, 0.4) is 0 Å². The number of aromatic nitrogens is 4. The fraction of sp³-hybridized carbons (Fsp3) is 0.500. The third-order valence-corrected chi connectivity index (χ3v) is 10.6. The average molecular weight is 742 g/mol. The molecule has 2 fully saturated rings. The molecule has 1 aromatic carbocycles. The van der Waals surface area contributed by atoms with E-state index in [0.717, 1.165) is 25.5 Å². The number of anilines is 2. The fourth-order valence-corrected chi connectivity index (χ4v) is 8.18. The van der Waals surface area contributed by atoms with Crippen molar-refractivity contribution in [2.45, 2.75) is 69.6 Å². The molecule has 0 saturated carbocycles. The number of carbonyl (C=O) groups excluding carboxylic acids is 1. The zero-order valence-corrected chi connectivity index (χ0v) is 28.5. The molecule has 3 aromatic rings. The number of benzene rings is 1. The Balaban J connectivity index is 1.27. The first-order valence-corrected chi connectivity index (χ1v) is 16.8. The Hall–Kier alpha value is -3.70. The predicted octanol–water partition coefficient (Wildman–Crippen LogP) is 5.74. The maximum absolute atomic E-state index is 14.2. The predicted molar refractivity (Wildman–Crippen MR) is 174 cm³/mol. The first-order chi connectivity index (χ1) is 23.8. The van der Waals surface area contributed by atoms with Crippen molar-refractivity contribution in [1.82, 2.24) is 29.7 Å². The van der Waals surface area contributed by atoms with Crippen LogP contribution in [-0.2, 0) is 37.0 Å². The molecule has 4 aliphatic rings. The summed E-state index contributed by atoms with van der Waals surface area (Å²) in [5.74, 6) is -0.339. The zero-order valence-electron chi connectivity index (χ0n) is 26.9. The number of nitrogens with two attached hydrogens (primary N) is 1. The van der Waals surface area contributed by atoms with Gasteiger partial charge in [-0.2, -0.15) is 28.2 Å². The van der Waals surface area contributed by atoms with Crippen molar-refractivity contribution in [2.75, 3.05) is 43.9 Å². The Morgan fingerprint density at radius 2 is 2.02 bits per heavy atom. The van der Waals surface area contributed by atoms with Crippen molar-refractivity contribution in [2.24, 2.45) is 0 Å². The summed E-state index contributed by atoms with van der Waals surface area (Å²) in [7, 11) is 1.18. The van der Waals surface area contributed by atoms with Crippen LogP contribution in [0.25, 0.3) is 0 Å². The molecule has 4 aliphatic heterocycles. The highest BCUT2D eigenvalue weighted by Crippen LogP contribution is 2.45. The van der Waals surface area contributed by atoms with E-state index in [1.807, 2.05) is 4.90 Å². The third kappa shape index (κ3) is 6.25. The maximum atomic E-state index is 14.2. The molecule has 2 aromatic heterocycles. The molecule has 1 amide bonds. The van der Waals surface area contributed by atoms with Crippen molar-refractivity contribution >= 4 is 40.6 Å². The van der Waals surface area contributed by atoms with Crippen LogP contribution in [0.2, 0.25) is 10.0 Å². The number of hydrogen-bond donors (Lipinski definition) is 2. The minimum Gasteiger partial charge on any atom is -0.461 e. The highest BCUT2D eigenvalue weighted by Gasteiger charge is 2.47. The van der Waals surface area contributed by atoms with E-state index < -0.39 is 34.3 Å². The van der Waals surface area contributed by atoms with E-state index in [4.69, 9.17) is 48.4 Å². The van der Waals surface area contributed by atoms with Crippen LogP contribution in [-0.4, -0.2) is 79.7 Å². The molecule has 0 spiro atoms. The van der Waals surface area contributed by atoms with Crippen LogP contribution in [0.1, 0.15) is 70.4 Å². The highest BCUT2D eigenvalue weighted by atomic mass is 35.5. The lowest BCUT2D eigenvalue weighted by atomic mass is 9.94. The van der Waals surface area contributed by atoms with Crippen LogP contribution in [0, 0.1) is 0 Å². The van der Waals surface area contributed by atoms with Crippen LogP contribution in [0.4, 0.5) is 29.1 Å². The van der Waals surface area contributed by atoms with Gasteiger partial charge in [0.25, 0.3) is 5.91 Å². The van der Waals surface area contributed by atoms with E-state index >= 15 is 0 Å². The minimum absolute atomic E-state index is 0.0154. The van der Waals surface area contributed by atoms with Gasteiger partial charge in [-0.25, -0.2) is 9.45 Å². The van der Waals surface area contributed by atoms with Crippen molar-refractivity contribution in [3.8, 4) is 6.01 Å². The number of nitrogen functional groups attached to an aromatic ring is 1. The number of hydrogen-bond acceptors (Lipinski definition) is 10. The van der Waals surface area contributed by atoms with Gasteiger partial charge in [0.2, 0.25) is 0 Å². The Morgan fingerprint density at radius 3 is 2.76 bits per heavy atom. The molecule has 1 unspecified atom stereocenters. The van der Waals surface area contributed by atoms with E-state index in [-0.39, 0.29) is 54.2 Å². The molecule has 2 atom stereocenters. The van der Waals surface area contributed by atoms with E-state index in [9.17, 15) is 27.6 Å². The van der Waals surface area contributed by atoms with Crippen molar-refractivity contribution in [3.63, 3.8) is 0 Å². The number of nitrogens with zero attached hydrogens (tertiary/aromatic N) is 7. The van der Waals surface area contributed by atoms with Gasteiger partial charge in [0.1, 0.15) is 12.4 Å². The molecular weight excluding hydrogens is 707 g/mol. The smallest absolute Gasteiger partial charge is 0.418 e. The highest BCUT2D eigenvalue weighted by molar-refractivity contribution is 6.34. The topological polar surface area (TPSA) is 135 Å². The van der Waals surface area contributed by atoms with Gasteiger partial charge in [-0.1, -0.05) is 23.2 Å². The van der Waals surface area contributed by atoms with Gasteiger partial charge >= 0.3 is 12.2 Å².